The second-order valence-electron chi connectivity index (χ2n) is 6.43. The van der Waals surface area contributed by atoms with Gasteiger partial charge in [-0.15, -0.1) is 0 Å². The molecule has 1 heterocycles. The van der Waals surface area contributed by atoms with Crippen LogP contribution in [0.4, 0.5) is 0 Å². The van der Waals surface area contributed by atoms with Crippen molar-refractivity contribution in [3.8, 4) is 11.5 Å². The van der Waals surface area contributed by atoms with Gasteiger partial charge in [0.05, 0.1) is 19.9 Å². The number of fused-ring (bicyclic) bond motifs is 1. The van der Waals surface area contributed by atoms with Crippen LogP contribution in [0.15, 0.2) is 18.2 Å². The summed E-state index contributed by atoms with van der Waals surface area (Å²) in [4.78, 5) is 0. The first kappa shape index (κ1) is 13.7. The highest BCUT2D eigenvalue weighted by atomic mass is 16.5. The Morgan fingerprint density at radius 2 is 1.73 bits per heavy atom. The monoisotopic (exact) mass is 298 g/mol. The molecule has 2 aliphatic carbocycles. The summed E-state index contributed by atoms with van der Waals surface area (Å²) in [7, 11) is 3.41. The van der Waals surface area contributed by atoms with Gasteiger partial charge in [0.2, 0.25) is 0 Å². The number of nitrogens with zero attached hydrogens (tertiary/aromatic N) is 1. The number of rotatable bonds is 4. The molecule has 2 aliphatic rings. The van der Waals surface area contributed by atoms with Crippen LogP contribution in [0, 0.1) is 0 Å². The van der Waals surface area contributed by atoms with Crippen molar-refractivity contribution in [3.63, 3.8) is 0 Å². The predicted molar refractivity (Wildman–Crippen MR) is 84.9 cm³/mol. The van der Waals surface area contributed by atoms with Crippen LogP contribution in [0.3, 0.4) is 0 Å². The minimum atomic E-state index is 0.504. The second-order valence-corrected chi connectivity index (χ2v) is 6.43. The number of aromatic nitrogens is 2. The van der Waals surface area contributed by atoms with E-state index in [4.69, 9.17) is 9.47 Å². The molecular weight excluding hydrogens is 276 g/mol. The Kier molecular flexibility index (Phi) is 3.32. The van der Waals surface area contributed by atoms with Gasteiger partial charge in [-0.05, 0) is 61.3 Å². The fourth-order valence-electron chi connectivity index (χ4n) is 3.58. The number of methoxy groups -OCH3 is 2. The molecule has 1 saturated carbocycles. The molecule has 4 heteroatoms. The molecule has 1 atom stereocenters. The summed E-state index contributed by atoms with van der Waals surface area (Å²) < 4.78 is 10.8. The Bertz CT molecular complexity index is 666. The molecule has 1 unspecified atom stereocenters. The highest BCUT2D eigenvalue weighted by Gasteiger charge is 2.32. The lowest BCUT2D eigenvalue weighted by Crippen LogP contribution is -2.13. The zero-order valence-corrected chi connectivity index (χ0v) is 13.2. The summed E-state index contributed by atoms with van der Waals surface area (Å²) in [6.45, 7) is 0. The zero-order chi connectivity index (χ0) is 15.1. The highest BCUT2D eigenvalue weighted by molar-refractivity contribution is 5.42. The molecule has 1 fully saturated rings. The van der Waals surface area contributed by atoms with Crippen LogP contribution in [0.2, 0.25) is 0 Å². The molecule has 22 heavy (non-hydrogen) atoms. The van der Waals surface area contributed by atoms with E-state index in [0.29, 0.717) is 5.92 Å². The molecule has 0 aliphatic heterocycles. The van der Waals surface area contributed by atoms with Gasteiger partial charge in [-0.1, -0.05) is 0 Å². The van der Waals surface area contributed by atoms with Crippen LogP contribution >= 0.6 is 0 Å². The fraction of sp³-hybridized carbons (Fsp3) is 0.500. The number of ether oxygens (including phenoxy) is 2. The molecule has 1 aromatic carbocycles. The lowest BCUT2D eigenvalue weighted by molar-refractivity contribution is 0.392. The lowest BCUT2D eigenvalue weighted by atomic mass is 9.82. The van der Waals surface area contributed by atoms with E-state index in [0.717, 1.165) is 30.3 Å². The van der Waals surface area contributed by atoms with E-state index in [-0.39, 0.29) is 0 Å². The van der Waals surface area contributed by atoms with Gasteiger partial charge < -0.3 is 9.47 Å². The first-order chi connectivity index (χ1) is 10.8. The van der Waals surface area contributed by atoms with E-state index >= 15 is 0 Å². The quantitative estimate of drug-likeness (QED) is 0.938. The third-order valence-electron chi connectivity index (χ3n) is 4.99. The average Bonchev–Trinajstić information content (AvgIpc) is 3.33. The molecule has 4 nitrogen and oxygen atoms in total. The average molecular weight is 298 g/mol. The van der Waals surface area contributed by atoms with Crippen molar-refractivity contribution in [2.24, 2.45) is 0 Å². The zero-order valence-electron chi connectivity index (χ0n) is 13.2. The largest absolute Gasteiger partial charge is 0.497 e. The number of aromatic amines is 1. The summed E-state index contributed by atoms with van der Waals surface area (Å²) in [6.07, 6.45) is 5.96. The molecule has 0 radical (unpaired) electrons. The van der Waals surface area contributed by atoms with E-state index in [1.807, 2.05) is 6.07 Å². The first-order valence-electron chi connectivity index (χ1n) is 8.07. The van der Waals surface area contributed by atoms with E-state index in [1.165, 1.54) is 41.8 Å². The van der Waals surface area contributed by atoms with Crippen molar-refractivity contribution in [1.29, 1.82) is 0 Å². The normalized spacial score (nSPS) is 20.5. The van der Waals surface area contributed by atoms with Gasteiger partial charge in [-0.2, -0.15) is 5.10 Å². The fourth-order valence-corrected chi connectivity index (χ4v) is 3.58. The predicted octanol–water partition coefficient (Wildman–Crippen LogP) is 3.58. The minimum Gasteiger partial charge on any atom is -0.497 e. The highest BCUT2D eigenvalue weighted by Crippen LogP contribution is 2.44. The molecule has 0 saturated heterocycles. The minimum absolute atomic E-state index is 0.504. The summed E-state index contributed by atoms with van der Waals surface area (Å²) in [5.41, 5.74) is 5.47. The number of hydrogen-bond acceptors (Lipinski definition) is 3. The molecule has 0 bridgehead atoms. The third kappa shape index (κ3) is 2.36. The molecule has 1 aromatic heterocycles. The van der Waals surface area contributed by atoms with Crippen LogP contribution in [-0.4, -0.2) is 24.4 Å². The molecule has 4 rings (SSSR count). The molecule has 2 aromatic rings. The van der Waals surface area contributed by atoms with E-state index in [9.17, 15) is 0 Å². The maximum absolute atomic E-state index is 5.40. The SMILES string of the molecule is COc1cc(OC)cc(C2CCc3c(C4CC4)n[nH]c3C2)c1. The Balaban J connectivity index is 1.61. The van der Waals surface area contributed by atoms with Gasteiger partial charge in [0.15, 0.2) is 0 Å². The van der Waals surface area contributed by atoms with Gasteiger partial charge in [0.1, 0.15) is 11.5 Å². The maximum atomic E-state index is 5.40. The Morgan fingerprint density at radius 3 is 2.36 bits per heavy atom. The van der Waals surface area contributed by atoms with Crippen molar-refractivity contribution in [1.82, 2.24) is 10.2 Å². The maximum Gasteiger partial charge on any atom is 0.122 e. The summed E-state index contributed by atoms with van der Waals surface area (Å²) in [6, 6.07) is 6.20. The summed E-state index contributed by atoms with van der Waals surface area (Å²) in [5, 5.41) is 7.87. The van der Waals surface area contributed by atoms with Gasteiger partial charge in [-0.3, -0.25) is 5.10 Å². The van der Waals surface area contributed by atoms with Crippen molar-refractivity contribution >= 4 is 0 Å². The van der Waals surface area contributed by atoms with E-state index < -0.39 is 0 Å². The topological polar surface area (TPSA) is 47.1 Å². The van der Waals surface area contributed by atoms with Crippen LogP contribution in [0.25, 0.3) is 0 Å². The molecule has 0 spiro atoms. The second kappa shape index (κ2) is 5.34. The molecule has 1 N–H and O–H groups in total. The third-order valence-corrected chi connectivity index (χ3v) is 4.99. The van der Waals surface area contributed by atoms with Crippen LogP contribution in [0.5, 0.6) is 11.5 Å². The van der Waals surface area contributed by atoms with Crippen LogP contribution in [-0.2, 0) is 12.8 Å². The summed E-state index contributed by atoms with van der Waals surface area (Å²) >= 11 is 0. The number of benzene rings is 1. The van der Waals surface area contributed by atoms with E-state index in [2.05, 4.69) is 22.3 Å². The van der Waals surface area contributed by atoms with E-state index in [1.54, 1.807) is 14.2 Å². The van der Waals surface area contributed by atoms with Crippen LogP contribution < -0.4 is 9.47 Å². The standard InChI is InChI=1S/C18H22N2O2/c1-21-14-7-13(8-15(10-14)22-2)12-5-6-16-17(9-12)19-20-18(16)11-3-4-11/h7-8,10-12H,3-6,9H2,1-2H3,(H,19,20). The smallest absolute Gasteiger partial charge is 0.122 e. The molecule has 116 valence electrons. The Hall–Kier alpha value is -1.97. The first-order valence-corrected chi connectivity index (χ1v) is 8.07. The van der Waals surface area contributed by atoms with Gasteiger partial charge in [-0.25, -0.2) is 0 Å². The number of hydrogen-bond donors (Lipinski definition) is 1. The van der Waals surface area contributed by atoms with Gasteiger partial charge in [0.25, 0.3) is 0 Å². The van der Waals surface area contributed by atoms with Crippen molar-refractivity contribution < 1.29 is 9.47 Å². The Morgan fingerprint density at radius 1 is 1.00 bits per heavy atom. The number of H-pyrrole nitrogens is 1. The number of nitrogens with one attached hydrogen (secondary N) is 1. The van der Waals surface area contributed by atoms with Crippen molar-refractivity contribution in [2.45, 2.75) is 43.9 Å². The Labute approximate surface area is 130 Å². The summed E-state index contributed by atoms with van der Waals surface area (Å²) in [5.74, 6) is 2.96. The lowest BCUT2D eigenvalue weighted by Gasteiger charge is -2.23. The van der Waals surface area contributed by atoms with Crippen molar-refractivity contribution in [2.75, 3.05) is 14.2 Å². The van der Waals surface area contributed by atoms with Crippen LogP contribution in [0.1, 0.15) is 53.6 Å². The van der Waals surface area contributed by atoms with Crippen molar-refractivity contribution in [3.05, 3.63) is 40.7 Å². The molecular formula is C18H22N2O2. The molecule has 0 amide bonds. The van der Waals surface area contributed by atoms with Gasteiger partial charge >= 0.3 is 0 Å². The van der Waals surface area contributed by atoms with Gasteiger partial charge in [0, 0.05) is 17.7 Å².